The van der Waals surface area contributed by atoms with Crippen LogP contribution in [0.5, 0.6) is 0 Å². The van der Waals surface area contributed by atoms with Gasteiger partial charge >= 0.3 is 17.9 Å². The molecule has 0 aliphatic rings. The van der Waals surface area contributed by atoms with E-state index < -0.39 is 36.2 Å². The summed E-state index contributed by atoms with van der Waals surface area (Å²) in [5.41, 5.74) is 0. The third-order valence-electron chi connectivity index (χ3n) is 2.20. The monoisotopic (exact) mass is 272 g/mol. The molecule has 0 saturated carbocycles. The zero-order chi connectivity index (χ0) is 15.0. The SMILES string of the molecule is C=CC[C@@H](OC(C)=O)[C@H](OC(C)=O)[C@@H](C)OC(C)=O. The molecule has 0 aliphatic heterocycles. The van der Waals surface area contributed by atoms with Crippen LogP contribution >= 0.6 is 0 Å². The molecule has 0 radical (unpaired) electrons. The molecule has 0 aliphatic carbocycles. The lowest BCUT2D eigenvalue weighted by atomic mass is 10.1. The Morgan fingerprint density at radius 2 is 1.47 bits per heavy atom. The molecule has 0 N–H and O–H groups in total. The first-order valence-electron chi connectivity index (χ1n) is 5.90. The second kappa shape index (κ2) is 8.29. The van der Waals surface area contributed by atoms with Crippen molar-refractivity contribution in [2.45, 2.75) is 52.4 Å². The number of carbonyl (C=O) groups excluding carboxylic acids is 3. The summed E-state index contributed by atoms with van der Waals surface area (Å²) in [6.45, 7) is 8.84. The summed E-state index contributed by atoms with van der Waals surface area (Å²) >= 11 is 0. The predicted octanol–water partition coefficient (Wildman–Crippen LogP) is 1.38. The van der Waals surface area contributed by atoms with Crippen LogP contribution in [-0.2, 0) is 28.6 Å². The molecule has 0 unspecified atom stereocenters. The van der Waals surface area contributed by atoms with E-state index in [2.05, 4.69) is 6.58 Å². The van der Waals surface area contributed by atoms with Crippen LogP contribution in [0.25, 0.3) is 0 Å². The van der Waals surface area contributed by atoms with Crippen molar-refractivity contribution in [3.8, 4) is 0 Å². The minimum absolute atomic E-state index is 0.281. The first kappa shape index (κ1) is 17.2. The summed E-state index contributed by atoms with van der Waals surface area (Å²) in [7, 11) is 0. The fraction of sp³-hybridized carbons (Fsp3) is 0.615. The Labute approximate surface area is 112 Å². The Morgan fingerprint density at radius 3 is 1.84 bits per heavy atom. The molecule has 0 aromatic carbocycles. The van der Waals surface area contributed by atoms with Crippen LogP contribution in [-0.4, -0.2) is 36.2 Å². The van der Waals surface area contributed by atoms with Gasteiger partial charge in [0, 0.05) is 27.2 Å². The van der Waals surface area contributed by atoms with E-state index in [1.54, 1.807) is 6.92 Å². The van der Waals surface area contributed by atoms with E-state index in [1.165, 1.54) is 26.8 Å². The average Bonchev–Trinajstić information content (AvgIpc) is 2.23. The van der Waals surface area contributed by atoms with Crippen molar-refractivity contribution >= 4 is 17.9 Å². The van der Waals surface area contributed by atoms with Gasteiger partial charge in [-0.1, -0.05) is 6.08 Å². The molecule has 0 aromatic rings. The maximum atomic E-state index is 11.1. The smallest absolute Gasteiger partial charge is 0.303 e. The maximum absolute atomic E-state index is 11.1. The van der Waals surface area contributed by atoms with Crippen LogP contribution in [0, 0.1) is 0 Å². The van der Waals surface area contributed by atoms with Crippen molar-refractivity contribution in [1.82, 2.24) is 0 Å². The Bertz CT molecular complexity index is 349. The van der Waals surface area contributed by atoms with Gasteiger partial charge in [0.2, 0.25) is 0 Å². The van der Waals surface area contributed by atoms with Gasteiger partial charge < -0.3 is 14.2 Å². The number of esters is 3. The highest BCUT2D eigenvalue weighted by Crippen LogP contribution is 2.16. The highest BCUT2D eigenvalue weighted by Gasteiger charge is 2.33. The summed E-state index contributed by atoms with van der Waals surface area (Å²) in [5, 5.41) is 0. The maximum Gasteiger partial charge on any atom is 0.303 e. The minimum atomic E-state index is -0.872. The largest absolute Gasteiger partial charge is 0.459 e. The molecule has 6 nitrogen and oxygen atoms in total. The topological polar surface area (TPSA) is 78.9 Å². The lowest BCUT2D eigenvalue weighted by Gasteiger charge is -2.29. The van der Waals surface area contributed by atoms with Crippen molar-refractivity contribution in [1.29, 1.82) is 0 Å². The van der Waals surface area contributed by atoms with E-state index in [0.717, 1.165) is 0 Å². The second-order valence-corrected chi connectivity index (χ2v) is 4.06. The predicted molar refractivity (Wildman–Crippen MR) is 67.2 cm³/mol. The molecule has 0 amide bonds. The van der Waals surface area contributed by atoms with Gasteiger partial charge in [0.25, 0.3) is 0 Å². The van der Waals surface area contributed by atoms with E-state index >= 15 is 0 Å². The third kappa shape index (κ3) is 7.23. The Morgan fingerprint density at radius 1 is 1.00 bits per heavy atom. The van der Waals surface area contributed by atoms with Gasteiger partial charge in [-0.05, 0) is 6.92 Å². The molecule has 0 spiro atoms. The molecule has 0 rings (SSSR count). The Kier molecular flexibility index (Phi) is 7.48. The molecule has 0 saturated heterocycles. The highest BCUT2D eigenvalue weighted by atomic mass is 16.6. The van der Waals surface area contributed by atoms with Crippen LogP contribution in [0.1, 0.15) is 34.1 Å². The quantitative estimate of drug-likeness (QED) is 0.396. The van der Waals surface area contributed by atoms with Gasteiger partial charge in [-0.3, -0.25) is 14.4 Å². The van der Waals surface area contributed by atoms with E-state index in [-0.39, 0.29) is 6.42 Å². The number of hydrogen-bond donors (Lipinski definition) is 0. The minimum Gasteiger partial charge on any atom is -0.459 e. The molecule has 19 heavy (non-hydrogen) atoms. The third-order valence-corrected chi connectivity index (χ3v) is 2.20. The van der Waals surface area contributed by atoms with Crippen molar-refractivity contribution in [2.75, 3.05) is 0 Å². The van der Waals surface area contributed by atoms with Crippen LogP contribution in [0.3, 0.4) is 0 Å². The van der Waals surface area contributed by atoms with E-state index in [9.17, 15) is 14.4 Å². The number of rotatable bonds is 7. The highest BCUT2D eigenvalue weighted by molar-refractivity contribution is 5.68. The molecule has 0 aromatic heterocycles. The molecule has 0 heterocycles. The summed E-state index contributed by atoms with van der Waals surface area (Å²) in [5.74, 6) is -1.57. The summed E-state index contributed by atoms with van der Waals surface area (Å²) < 4.78 is 15.1. The molecular formula is C13H20O6. The van der Waals surface area contributed by atoms with Crippen molar-refractivity contribution < 1.29 is 28.6 Å². The molecular weight excluding hydrogens is 252 g/mol. The van der Waals surface area contributed by atoms with Gasteiger partial charge in [0.1, 0.15) is 12.2 Å². The Balaban J connectivity index is 5.02. The van der Waals surface area contributed by atoms with Crippen molar-refractivity contribution in [2.24, 2.45) is 0 Å². The standard InChI is InChI=1S/C13H20O6/c1-6-7-12(18-10(4)15)13(19-11(5)16)8(2)17-9(3)14/h6,8,12-13H,1,7H2,2-5H3/t8-,12-,13-/m1/s1. The van der Waals surface area contributed by atoms with E-state index in [0.29, 0.717) is 0 Å². The first-order valence-corrected chi connectivity index (χ1v) is 5.90. The molecule has 108 valence electrons. The zero-order valence-electron chi connectivity index (χ0n) is 11.7. The van der Waals surface area contributed by atoms with Crippen molar-refractivity contribution in [3.63, 3.8) is 0 Å². The molecule has 0 fully saturated rings. The number of hydrogen-bond acceptors (Lipinski definition) is 6. The number of ether oxygens (including phenoxy) is 3. The van der Waals surface area contributed by atoms with E-state index in [4.69, 9.17) is 14.2 Å². The van der Waals surface area contributed by atoms with Gasteiger partial charge in [-0.2, -0.15) is 0 Å². The molecule has 0 bridgehead atoms. The second-order valence-electron chi connectivity index (χ2n) is 4.06. The lowest BCUT2D eigenvalue weighted by Crippen LogP contribution is -2.43. The van der Waals surface area contributed by atoms with Crippen molar-refractivity contribution in [3.05, 3.63) is 12.7 Å². The number of carbonyl (C=O) groups is 3. The lowest BCUT2D eigenvalue weighted by molar-refractivity contribution is -0.180. The van der Waals surface area contributed by atoms with Gasteiger partial charge in [0.15, 0.2) is 6.10 Å². The van der Waals surface area contributed by atoms with Crippen LogP contribution in [0.4, 0.5) is 0 Å². The van der Waals surface area contributed by atoms with Gasteiger partial charge in [-0.15, -0.1) is 6.58 Å². The average molecular weight is 272 g/mol. The first-order chi connectivity index (χ1) is 8.77. The molecule has 3 atom stereocenters. The van der Waals surface area contributed by atoms with Crippen LogP contribution in [0.15, 0.2) is 12.7 Å². The Hall–Kier alpha value is -1.85. The summed E-state index contributed by atoms with van der Waals surface area (Å²) in [4.78, 5) is 33.1. The molecule has 6 heteroatoms. The zero-order valence-corrected chi connectivity index (χ0v) is 11.7. The van der Waals surface area contributed by atoms with Crippen LogP contribution < -0.4 is 0 Å². The normalized spacial score (nSPS) is 14.7. The van der Waals surface area contributed by atoms with E-state index in [1.807, 2.05) is 0 Å². The summed E-state index contributed by atoms with van der Waals surface area (Å²) in [6, 6.07) is 0. The summed E-state index contributed by atoms with van der Waals surface area (Å²) in [6.07, 6.45) is -0.532. The fourth-order valence-corrected chi connectivity index (χ4v) is 1.62. The van der Waals surface area contributed by atoms with Gasteiger partial charge in [-0.25, -0.2) is 0 Å². The van der Waals surface area contributed by atoms with Crippen LogP contribution in [0.2, 0.25) is 0 Å². The van der Waals surface area contributed by atoms with Gasteiger partial charge in [0.05, 0.1) is 0 Å². The fourth-order valence-electron chi connectivity index (χ4n) is 1.62.